The fourth-order valence-electron chi connectivity index (χ4n) is 3.28. The Labute approximate surface area is 143 Å². The molecule has 0 aromatic heterocycles. The topological polar surface area (TPSA) is 43.2 Å². The third kappa shape index (κ3) is 2.45. The Morgan fingerprint density at radius 3 is 2.79 bits per heavy atom. The molecule has 1 atom stereocenters. The number of piperazine rings is 1. The van der Waals surface area contributed by atoms with E-state index in [1.165, 1.54) is 5.57 Å². The van der Waals surface area contributed by atoms with Crippen molar-refractivity contribution in [1.82, 2.24) is 10.2 Å². The third-order valence-electron chi connectivity index (χ3n) is 4.87. The van der Waals surface area contributed by atoms with Crippen LogP contribution in [0.15, 0.2) is 46.5 Å². The molecule has 3 aliphatic heterocycles. The summed E-state index contributed by atoms with van der Waals surface area (Å²) in [4.78, 5) is 14.5. The summed E-state index contributed by atoms with van der Waals surface area (Å²) in [5, 5.41) is 3.40. The van der Waals surface area contributed by atoms with E-state index in [0.29, 0.717) is 0 Å². The summed E-state index contributed by atoms with van der Waals surface area (Å²) in [7, 11) is 0. The summed E-state index contributed by atoms with van der Waals surface area (Å²) in [6.07, 6.45) is 4.07. The van der Waals surface area contributed by atoms with E-state index in [1.807, 2.05) is 6.08 Å². The van der Waals surface area contributed by atoms with Gasteiger partial charge in [-0.2, -0.15) is 0 Å². The fourth-order valence-corrected chi connectivity index (χ4v) is 3.28. The van der Waals surface area contributed by atoms with Crippen molar-refractivity contribution >= 4 is 29.1 Å². The van der Waals surface area contributed by atoms with Crippen molar-refractivity contribution in [3.8, 4) is 0 Å². The quantitative estimate of drug-likeness (QED) is 0.865. The molecule has 5 nitrogen and oxygen atoms in total. The van der Waals surface area contributed by atoms with Crippen molar-refractivity contribution < 1.29 is 0 Å². The van der Waals surface area contributed by atoms with Gasteiger partial charge in [-0.05, 0) is 37.1 Å². The molecule has 5 heteroatoms. The Kier molecular flexibility index (Phi) is 3.73. The molecule has 1 saturated heterocycles. The van der Waals surface area contributed by atoms with Gasteiger partial charge in [-0.1, -0.05) is 18.7 Å². The lowest BCUT2D eigenvalue weighted by atomic mass is 10.1. The minimum atomic E-state index is 0.188. The standard InChI is InChI=1S/C19H23N5/c1-4-15-5-6-16-17(11-15)24-12-13(2)14(3)21-19(24)18(22-16)23-9-7-20-8-10-23/h4-6,11-12,14,20H,1,7-10H2,2-3H3. The number of anilines is 1. The first-order valence-corrected chi connectivity index (χ1v) is 8.54. The van der Waals surface area contributed by atoms with Gasteiger partial charge in [0.2, 0.25) is 0 Å². The van der Waals surface area contributed by atoms with Gasteiger partial charge >= 0.3 is 0 Å². The maximum Gasteiger partial charge on any atom is 0.176 e. The first kappa shape index (κ1) is 15.1. The Bertz CT molecular complexity index is 768. The normalized spacial score (nSPS) is 22.9. The lowest BCUT2D eigenvalue weighted by Gasteiger charge is -2.39. The molecule has 0 radical (unpaired) electrons. The molecule has 0 spiro atoms. The molecule has 0 amide bonds. The molecule has 3 heterocycles. The average Bonchev–Trinajstić information content (AvgIpc) is 2.62. The predicted molar refractivity (Wildman–Crippen MR) is 101 cm³/mol. The van der Waals surface area contributed by atoms with Crippen LogP contribution in [0.5, 0.6) is 0 Å². The van der Waals surface area contributed by atoms with E-state index in [4.69, 9.17) is 9.98 Å². The molecular formula is C19H23N5. The third-order valence-corrected chi connectivity index (χ3v) is 4.87. The van der Waals surface area contributed by atoms with Gasteiger partial charge in [0.1, 0.15) is 0 Å². The zero-order valence-electron chi connectivity index (χ0n) is 14.3. The second kappa shape index (κ2) is 5.91. The van der Waals surface area contributed by atoms with Crippen LogP contribution in [0.2, 0.25) is 0 Å². The van der Waals surface area contributed by atoms with Crippen molar-refractivity contribution in [2.75, 3.05) is 31.1 Å². The smallest absolute Gasteiger partial charge is 0.176 e. The second-order valence-electron chi connectivity index (χ2n) is 6.50. The van der Waals surface area contributed by atoms with Crippen molar-refractivity contribution in [2.45, 2.75) is 19.9 Å². The first-order chi connectivity index (χ1) is 11.7. The Hall–Kier alpha value is -2.40. The zero-order chi connectivity index (χ0) is 16.7. The van der Waals surface area contributed by atoms with E-state index < -0.39 is 0 Å². The molecule has 1 N–H and O–H groups in total. The molecule has 1 unspecified atom stereocenters. The first-order valence-electron chi connectivity index (χ1n) is 8.54. The fraction of sp³-hybridized carbons (Fsp3) is 0.368. The molecule has 0 bridgehead atoms. The molecule has 0 saturated carbocycles. The Balaban J connectivity index is 1.85. The summed E-state index contributed by atoms with van der Waals surface area (Å²) >= 11 is 0. The highest BCUT2D eigenvalue weighted by Crippen LogP contribution is 2.37. The molecule has 1 fully saturated rings. The number of amidine groups is 2. The minimum absolute atomic E-state index is 0.188. The molecule has 4 rings (SSSR count). The molecule has 3 aliphatic rings. The van der Waals surface area contributed by atoms with Crippen LogP contribution in [0.4, 0.5) is 11.4 Å². The molecular weight excluding hydrogens is 298 g/mol. The average molecular weight is 321 g/mol. The highest BCUT2D eigenvalue weighted by atomic mass is 15.3. The summed E-state index contributed by atoms with van der Waals surface area (Å²) in [6.45, 7) is 12.1. The number of benzene rings is 1. The van der Waals surface area contributed by atoms with Crippen LogP contribution >= 0.6 is 0 Å². The highest BCUT2D eigenvalue weighted by molar-refractivity contribution is 6.48. The maximum atomic E-state index is 4.97. The van der Waals surface area contributed by atoms with Crippen LogP contribution in [-0.4, -0.2) is 48.8 Å². The van der Waals surface area contributed by atoms with Crippen molar-refractivity contribution in [3.63, 3.8) is 0 Å². The molecule has 24 heavy (non-hydrogen) atoms. The lowest BCUT2D eigenvalue weighted by Crippen LogP contribution is -2.53. The van der Waals surface area contributed by atoms with Gasteiger partial charge in [-0.15, -0.1) is 0 Å². The van der Waals surface area contributed by atoms with Gasteiger partial charge in [-0.25, -0.2) is 4.99 Å². The summed E-state index contributed by atoms with van der Waals surface area (Å²) in [5.41, 5.74) is 4.43. The maximum absolute atomic E-state index is 4.97. The molecule has 1 aromatic rings. The highest BCUT2D eigenvalue weighted by Gasteiger charge is 2.32. The number of nitrogens with one attached hydrogen (secondary N) is 1. The second-order valence-corrected chi connectivity index (χ2v) is 6.50. The van der Waals surface area contributed by atoms with Crippen molar-refractivity contribution in [2.24, 2.45) is 9.98 Å². The van der Waals surface area contributed by atoms with Crippen LogP contribution in [0.25, 0.3) is 6.08 Å². The summed E-state index contributed by atoms with van der Waals surface area (Å²) < 4.78 is 0. The summed E-state index contributed by atoms with van der Waals surface area (Å²) in [6, 6.07) is 6.46. The number of fused-ring (bicyclic) bond motifs is 3. The van der Waals surface area contributed by atoms with E-state index in [1.54, 1.807) is 0 Å². The minimum Gasteiger partial charge on any atom is -0.351 e. The van der Waals surface area contributed by atoms with Gasteiger partial charge < -0.3 is 10.2 Å². The Morgan fingerprint density at radius 2 is 2.04 bits per heavy atom. The van der Waals surface area contributed by atoms with Crippen LogP contribution in [-0.2, 0) is 0 Å². The number of nitrogens with zero attached hydrogens (tertiary/aromatic N) is 4. The Morgan fingerprint density at radius 1 is 1.25 bits per heavy atom. The SMILES string of the molecule is C=Cc1ccc2c(c1)N1C=C(C)C(C)N=C1C(N1CCNCC1)=N2. The van der Waals surface area contributed by atoms with E-state index in [9.17, 15) is 0 Å². The van der Waals surface area contributed by atoms with Crippen LogP contribution in [0.1, 0.15) is 19.4 Å². The molecule has 0 aliphatic carbocycles. The van der Waals surface area contributed by atoms with Crippen LogP contribution < -0.4 is 10.2 Å². The van der Waals surface area contributed by atoms with Crippen LogP contribution in [0, 0.1) is 0 Å². The van der Waals surface area contributed by atoms with Gasteiger partial charge in [0.15, 0.2) is 11.7 Å². The van der Waals surface area contributed by atoms with Gasteiger partial charge in [0, 0.05) is 32.4 Å². The lowest BCUT2D eigenvalue weighted by molar-refractivity contribution is 0.360. The van der Waals surface area contributed by atoms with E-state index in [2.05, 4.69) is 59.9 Å². The van der Waals surface area contributed by atoms with Crippen molar-refractivity contribution in [1.29, 1.82) is 0 Å². The van der Waals surface area contributed by atoms with Crippen molar-refractivity contribution in [3.05, 3.63) is 42.1 Å². The van der Waals surface area contributed by atoms with Gasteiger partial charge in [-0.3, -0.25) is 9.89 Å². The molecule has 124 valence electrons. The largest absolute Gasteiger partial charge is 0.351 e. The van der Waals surface area contributed by atoms with Gasteiger partial charge in [0.05, 0.1) is 17.4 Å². The zero-order valence-corrected chi connectivity index (χ0v) is 14.3. The number of hydrogen-bond donors (Lipinski definition) is 1. The predicted octanol–water partition coefficient (Wildman–Crippen LogP) is 2.79. The monoisotopic (exact) mass is 321 g/mol. The number of hydrogen-bond acceptors (Lipinski definition) is 5. The van der Waals surface area contributed by atoms with E-state index >= 15 is 0 Å². The summed E-state index contributed by atoms with van der Waals surface area (Å²) in [5.74, 6) is 1.95. The number of rotatable bonds is 1. The van der Waals surface area contributed by atoms with Crippen LogP contribution in [0.3, 0.4) is 0 Å². The molecule has 1 aromatic carbocycles. The van der Waals surface area contributed by atoms with E-state index in [-0.39, 0.29) is 6.04 Å². The van der Waals surface area contributed by atoms with Gasteiger partial charge in [0.25, 0.3) is 0 Å². The number of aliphatic imine (C=N–C) groups is 2. The van der Waals surface area contributed by atoms with E-state index in [0.717, 1.165) is 54.8 Å².